The highest BCUT2D eigenvalue weighted by atomic mass is 35.5. The Balaban J connectivity index is 2.07. The van der Waals surface area contributed by atoms with Crippen LogP contribution in [0.2, 0.25) is 5.02 Å². The molecule has 0 unspecified atom stereocenters. The number of fused-ring (bicyclic) bond motifs is 1. The van der Waals surface area contributed by atoms with Crippen molar-refractivity contribution in [1.82, 2.24) is 14.8 Å². The first-order valence-electron chi connectivity index (χ1n) is 7.88. The molecular weight excluding hydrogens is 340 g/mol. The Morgan fingerprint density at radius 2 is 1.92 bits per heavy atom. The molecule has 0 saturated heterocycles. The van der Waals surface area contributed by atoms with E-state index in [1.807, 2.05) is 13.8 Å². The Morgan fingerprint density at radius 1 is 1.20 bits per heavy atom. The van der Waals surface area contributed by atoms with Crippen molar-refractivity contribution in [2.24, 2.45) is 5.92 Å². The molecule has 3 aromatic rings. The van der Waals surface area contributed by atoms with Crippen LogP contribution in [0, 0.1) is 5.92 Å². The number of pyridine rings is 1. The van der Waals surface area contributed by atoms with Gasteiger partial charge >= 0.3 is 0 Å². The Labute approximate surface area is 149 Å². The number of hydrogen-bond acceptors (Lipinski definition) is 4. The van der Waals surface area contributed by atoms with Crippen molar-refractivity contribution in [3.8, 4) is 0 Å². The highest BCUT2D eigenvalue weighted by Gasteiger charge is 2.17. The highest BCUT2D eigenvalue weighted by Crippen LogP contribution is 2.16. The van der Waals surface area contributed by atoms with Crippen LogP contribution in [0.1, 0.15) is 24.3 Å². The van der Waals surface area contributed by atoms with Gasteiger partial charge in [0.25, 0.3) is 11.5 Å². The van der Waals surface area contributed by atoms with Gasteiger partial charge < -0.3 is 5.32 Å². The van der Waals surface area contributed by atoms with E-state index < -0.39 is 5.91 Å². The highest BCUT2D eigenvalue weighted by molar-refractivity contribution is 6.30. The summed E-state index contributed by atoms with van der Waals surface area (Å²) in [6.07, 6.45) is 1.45. The first-order chi connectivity index (χ1) is 12.0. The molecule has 0 radical (unpaired) electrons. The summed E-state index contributed by atoms with van der Waals surface area (Å²) < 4.78 is 1.34. The molecule has 1 amide bonds. The van der Waals surface area contributed by atoms with Crippen LogP contribution < -0.4 is 10.9 Å². The van der Waals surface area contributed by atoms with Crippen molar-refractivity contribution in [2.75, 3.05) is 5.32 Å². The van der Waals surface area contributed by atoms with E-state index in [-0.39, 0.29) is 17.2 Å². The summed E-state index contributed by atoms with van der Waals surface area (Å²) in [5, 5.41) is 8.44. The van der Waals surface area contributed by atoms with E-state index in [2.05, 4.69) is 15.4 Å². The first-order valence-corrected chi connectivity index (χ1v) is 8.26. The standard InChI is InChI=1S/C18H17ClN4O2/c1-11(2)10-23-18(25)14-6-4-3-5-13(14)16(22-23)17(24)21-15-8-7-12(19)9-20-15/h3-9,11H,10H2,1-2H3,(H,20,21,24). The van der Waals surface area contributed by atoms with Crippen molar-refractivity contribution in [3.05, 3.63) is 63.7 Å². The molecular formula is C18H17ClN4O2. The van der Waals surface area contributed by atoms with Gasteiger partial charge in [-0.2, -0.15) is 5.10 Å². The number of rotatable bonds is 4. The summed E-state index contributed by atoms with van der Waals surface area (Å²) in [4.78, 5) is 29.3. The third-order valence-corrected chi connectivity index (χ3v) is 3.81. The number of carbonyl (C=O) groups excluding carboxylic acids is 1. The van der Waals surface area contributed by atoms with E-state index in [0.717, 1.165) is 0 Å². The number of aromatic nitrogens is 3. The first kappa shape index (κ1) is 17.1. The Kier molecular flexibility index (Phi) is 4.81. The van der Waals surface area contributed by atoms with Crippen LogP contribution in [0.3, 0.4) is 0 Å². The molecule has 0 atom stereocenters. The number of benzene rings is 1. The normalized spacial score (nSPS) is 11.0. The van der Waals surface area contributed by atoms with Gasteiger partial charge in [0.2, 0.25) is 0 Å². The number of halogens is 1. The molecule has 6 nitrogen and oxygen atoms in total. The van der Waals surface area contributed by atoms with E-state index in [1.165, 1.54) is 10.9 Å². The molecule has 0 aliphatic heterocycles. The van der Waals surface area contributed by atoms with Crippen LogP contribution in [0.15, 0.2) is 47.4 Å². The largest absolute Gasteiger partial charge is 0.305 e. The molecule has 3 rings (SSSR count). The molecule has 0 saturated carbocycles. The van der Waals surface area contributed by atoms with Gasteiger partial charge in [-0.3, -0.25) is 9.59 Å². The summed E-state index contributed by atoms with van der Waals surface area (Å²) in [5.41, 5.74) is -0.0157. The quantitative estimate of drug-likeness (QED) is 0.777. The van der Waals surface area contributed by atoms with Crippen LogP contribution in [0.4, 0.5) is 5.82 Å². The molecule has 0 bridgehead atoms. The number of hydrogen-bond donors (Lipinski definition) is 1. The molecule has 0 aliphatic carbocycles. The maximum absolute atomic E-state index is 12.7. The smallest absolute Gasteiger partial charge is 0.277 e. The van der Waals surface area contributed by atoms with E-state index in [4.69, 9.17) is 11.6 Å². The maximum atomic E-state index is 12.7. The molecule has 1 N–H and O–H groups in total. The second kappa shape index (κ2) is 7.03. The molecule has 0 aliphatic rings. The summed E-state index contributed by atoms with van der Waals surface area (Å²) in [7, 11) is 0. The zero-order chi connectivity index (χ0) is 18.0. The van der Waals surface area contributed by atoms with Crippen molar-refractivity contribution in [3.63, 3.8) is 0 Å². The third-order valence-electron chi connectivity index (χ3n) is 3.59. The Bertz CT molecular complexity index is 981. The molecule has 0 spiro atoms. The van der Waals surface area contributed by atoms with Crippen molar-refractivity contribution < 1.29 is 4.79 Å². The number of nitrogens with zero attached hydrogens (tertiary/aromatic N) is 3. The lowest BCUT2D eigenvalue weighted by Crippen LogP contribution is -2.29. The summed E-state index contributed by atoms with van der Waals surface area (Å²) in [6.45, 7) is 4.41. The fourth-order valence-corrected chi connectivity index (χ4v) is 2.61. The van der Waals surface area contributed by atoms with E-state index in [1.54, 1.807) is 36.4 Å². The molecule has 128 valence electrons. The zero-order valence-electron chi connectivity index (χ0n) is 13.9. The molecule has 25 heavy (non-hydrogen) atoms. The number of carbonyl (C=O) groups is 1. The van der Waals surface area contributed by atoms with Crippen molar-refractivity contribution in [1.29, 1.82) is 0 Å². The average molecular weight is 357 g/mol. The van der Waals surface area contributed by atoms with E-state index >= 15 is 0 Å². The topological polar surface area (TPSA) is 76.9 Å². The lowest BCUT2D eigenvalue weighted by Gasteiger charge is -2.12. The lowest BCUT2D eigenvalue weighted by atomic mass is 10.1. The fraction of sp³-hybridized carbons (Fsp3) is 0.222. The minimum absolute atomic E-state index is 0.188. The zero-order valence-corrected chi connectivity index (χ0v) is 14.6. The van der Waals surface area contributed by atoms with Gasteiger partial charge in [0.1, 0.15) is 5.82 Å². The van der Waals surface area contributed by atoms with Gasteiger partial charge in [0, 0.05) is 18.1 Å². The predicted octanol–water partition coefficient (Wildman–Crippen LogP) is 3.35. The van der Waals surface area contributed by atoms with E-state index in [0.29, 0.717) is 28.2 Å². The molecule has 7 heteroatoms. The Morgan fingerprint density at radius 3 is 2.56 bits per heavy atom. The Hall–Kier alpha value is -2.73. The van der Waals surface area contributed by atoms with Crippen LogP contribution in [-0.2, 0) is 6.54 Å². The molecule has 0 fully saturated rings. The van der Waals surface area contributed by atoms with Gasteiger partial charge in [0.15, 0.2) is 5.69 Å². The molecule has 2 heterocycles. The van der Waals surface area contributed by atoms with Gasteiger partial charge in [-0.15, -0.1) is 0 Å². The second-order valence-electron chi connectivity index (χ2n) is 6.09. The second-order valence-corrected chi connectivity index (χ2v) is 6.53. The van der Waals surface area contributed by atoms with Gasteiger partial charge in [0.05, 0.1) is 10.4 Å². The molecule has 1 aromatic carbocycles. The fourth-order valence-electron chi connectivity index (χ4n) is 2.50. The minimum atomic E-state index is -0.427. The summed E-state index contributed by atoms with van der Waals surface area (Å²) in [6, 6.07) is 10.2. The van der Waals surface area contributed by atoms with Gasteiger partial charge in [-0.25, -0.2) is 9.67 Å². The number of amides is 1. The van der Waals surface area contributed by atoms with Crippen LogP contribution in [0.5, 0.6) is 0 Å². The van der Waals surface area contributed by atoms with Gasteiger partial charge in [-0.05, 0) is 24.1 Å². The minimum Gasteiger partial charge on any atom is -0.305 e. The third kappa shape index (κ3) is 3.69. The van der Waals surface area contributed by atoms with Crippen LogP contribution in [0.25, 0.3) is 10.8 Å². The summed E-state index contributed by atoms with van der Waals surface area (Å²) >= 11 is 5.80. The average Bonchev–Trinajstić information content (AvgIpc) is 2.59. The predicted molar refractivity (Wildman–Crippen MR) is 98.0 cm³/mol. The maximum Gasteiger partial charge on any atom is 0.277 e. The SMILES string of the molecule is CC(C)Cn1nc(C(=O)Nc2ccc(Cl)cn2)c2ccccc2c1=O. The monoisotopic (exact) mass is 356 g/mol. The molecule has 2 aromatic heterocycles. The van der Waals surface area contributed by atoms with E-state index in [9.17, 15) is 9.59 Å². The summed E-state index contributed by atoms with van der Waals surface area (Å²) in [5.74, 6) is 0.158. The number of anilines is 1. The van der Waals surface area contributed by atoms with Crippen molar-refractivity contribution >= 4 is 34.1 Å². The van der Waals surface area contributed by atoms with Crippen molar-refractivity contribution in [2.45, 2.75) is 20.4 Å². The number of nitrogens with one attached hydrogen (secondary N) is 1. The van der Waals surface area contributed by atoms with Gasteiger partial charge in [-0.1, -0.05) is 43.6 Å². The lowest BCUT2D eigenvalue weighted by molar-refractivity contribution is 0.102. The van der Waals surface area contributed by atoms with Crippen LogP contribution in [-0.4, -0.2) is 20.7 Å². The van der Waals surface area contributed by atoms with Crippen LogP contribution >= 0.6 is 11.6 Å².